The number of carbonyl (C=O) groups excluding carboxylic acids is 2. The van der Waals surface area contributed by atoms with Crippen LogP contribution in [0, 0.1) is 0 Å². The van der Waals surface area contributed by atoms with Crippen LogP contribution in [0.3, 0.4) is 0 Å². The minimum atomic E-state index is -0.266. The van der Waals surface area contributed by atoms with Crippen LogP contribution in [0.4, 0.5) is 17.1 Å². The van der Waals surface area contributed by atoms with Crippen LogP contribution in [0.5, 0.6) is 0 Å². The number of ketones is 2. The Kier molecular flexibility index (Phi) is 6.65. The minimum Gasteiger partial charge on any atom is -0.310 e. The van der Waals surface area contributed by atoms with Crippen molar-refractivity contribution >= 4 is 57.6 Å². The SMILES string of the molecule is C=Cc1cc2c(cc1C=C)C(=O)C(=Cc1ccc3c4c(ccc3c1)N(c1ccc(C(C)(C)C)cc1)c1ccccc1C4(C)C)C2=O. The molecule has 2 aliphatic rings. The van der Waals surface area contributed by atoms with Crippen molar-refractivity contribution in [1.82, 2.24) is 0 Å². The fraction of sp³-hybridized carbons (Fsp3) is 0.163. The van der Waals surface area contributed by atoms with Crippen molar-refractivity contribution < 1.29 is 9.59 Å². The molecule has 0 N–H and O–H groups in total. The number of hydrogen-bond donors (Lipinski definition) is 0. The molecular formula is C43H37NO2. The summed E-state index contributed by atoms with van der Waals surface area (Å²) in [7, 11) is 0. The third kappa shape index (κ3) is 4.41. The third-order valence-corrected chi connectivity index (χ3v) is 9.65. The zero-order chi connectivity index (χ0) is 32.5. The number of hydrogen-bond acceptors (Lipinski definition) is 3. The summed E-state index contributed by atoms with van der Waals surface area (Å²) in [6, 6.07) is 31.7. The number of allylic oxidation sites excluding steroid dienone is 1. The van der Waals surface area contributed by atoms with Crippen LogP contribution in [-0.4, -0.2) is 11.6 Å². The Morgan fingerprint density at radius 3 is 1.96 bits per heavy atom. The van der Waals surface area contributed by atoms with Gasteiger partial charge in [0.25, 0.3) is 0 Å². The quantitative estimate of drug-likeness (QED) is 0.152. The van der Waals surface area contributed by atoms with Gasteiger partial charge in [0, 0.05) is 22.2 Å². The topological polar surface area (TPSA) is 37.4 Å². The molecule has 0 saturated heterocycles. The monoisotopic (exact) mass is 599 g/mol. The normalized spacial score (nSPS) is 15.0. The summed E-state index contributed by atoms with van der Waals surface area (Å²) in [4.78, 5) is 29.2. The van der Waals surface area contributed by atoms with E-state index in [0.717, 1.165) is 38.8 Å². The number of nitrogens with zero attached hydrogens (tertiary/aromatic N) is 1. The maximum atomic E-state index is 13.4. The van der Waals surface area contributed by atoms with Gasteiger partial charge in [0.05, 0.1) is 16.9 Å². The number of Topliss-reactive ketones (excluding diaryl/α,β-unsaturated/α-hetero) is 2. The first kappa shape index (κ1) is 29.4. The van der Waals surface area contributed by atoms with Gasteiger partial charge in [0.1, 0.15) is 0 Å². The number of rotatable bonds is 4. The Balaban J connectivity index is 1.35. The Bertz CT molecular complexity index is 2120. The zero-order valence-electron chi connectivity index (χ0n) is 27.1. The van der Waals surface area contributed by atoms with E-state index in [4.69, 9.17) is 0 Å². The molecule has 226 valence electrons. The number of carbonyl (C=O) groups is 2. The van der Waals surface area contributed by atoms with Gasteiger partial charge in [-0.15, -0.1) is 0 Å². The molecule has 0 atom stereocenters. The van der Waals surface area contributed by atoms with E-state index in [9.17, 15) is 9.59 Å². The molecule has 3 heteroatoms. The molecule has 0 fully saturated rings. The van der Waals surface area contributed by atoms with Crippen LogP contribution >= 0.6 is 0 Å². The van der Waals surface area contributed by atoms with Crippen molar-refractivity contribution in [3.8, 4) is 0 Å². The Morgan fingerprint density at radius 1 is 0.717 bits per heavy atom. The van der Waals surface area contributed by atoms with Gasteiger partial charge in [-0.05, 0) is 98.1 Å². The molecule has 0 amide bonds. The highest BCUT2D eigenvalue weighted by Crippen LogP contribution is 2.54. The summed E-state index contributed by atoms with van der Waals surface area (Å²) in [5, 5.41) is 2.20. The summed E-state index contributed by atoms with van der Waals surface area (Å²) in [5.41, 5.74) is 10.5. The molecule has 5 aromatic carbocycles. The number of para-hydroxylation sites is 1. The van der Waals surface area contributed by atoms with Crippen molar-refractivity contribution in [3.05, 3.63) is 154 Å². The summed E-state index contributed by atoms with van der Waals surface area (Å²) < 4.78 is 0. The van der Waals surface area contributed by atoms with Crippen molar-refractivity contribution in [2.45, 2.75) is 45.4 Å². The van der Waals surface area contributed by atoms with E-state index >= 15 is 0 Å². The number of anilines is 3. The fourth-order valence-electron chi connectivity index (χ4n) is 7.17. The predicted molar refractivity (Wildman–Crippen MR) is 193 cm³/mol. The highest BCUT2D eigenvalue weighted by molar-refractivity contribution is 6.41. The van der Waals surface area contributed by atoms with Crippen LogP contribution < -0.4 is 4.90 Å². The van der Waals surface area contributed by atoms with Crippen LogP contribution in [-0.2, 0) is 10.8 Å². The maximum Gasteiger partial charge on any atom is 0.197 e. The molecule has 5 aromatic rings. The highest BCUT2D eigenvalue weighted by atomic mass is 16.2. The fourth-order valence-corrected chi connectivity index (χ4v) is 7.17. The standard InChI is InChI=1S/C43H37NO2/c1-8-27-24-33-34(25-28(27)9-2)41(46)35(40(33)45)23-26-14-20-32-29(22-26)15-21-38-39(32)43(6,7)36-12-10-11-13-37(36)44(38)31-18-16-30(17-19-31)42(3,4)5/h8-25H,1-2H2,3-7H3. The predicted octanol–water partition coefficient (Wildman–Crippen LogP) is 11.0. The van der Waals surface area contributed by atoms with Crippen molar-refractivity contribution in [2.24, 2.45) is 0 Å². The zero-order valence-corrected chi connectivity index (χ0v) is 27.1. The molecule has 0 spiro atoms. The van der Waals surface area contributed by atoms with Gasteiger partial charge in [-0.25, -0.2) is 0 Å². The lowest BCUT2D eigenvalue weighted by molar-refractivity contribution is 0.0990. The average Bonchev–Trinajstić information content (AvgIpc) is 3.27. The lowest BCUT2D eigenvalue weighted by atomic mass is 9.71. The number of benzene rings is 5. The van der Waals surface area contributed by atoms with E-state index < -0.39 is 0 Å². The molecule has 0 unspecified atom stereocenters. The molecule has 3 nitrogen and oxygen atoms in total. The summed E-state index contributed by atoms with van der Waals surface area (Å²) in [6.07, 6.45) is 5.10. The van der Waals surface area contributed by atoms with E-state index in [0.29, 0.717) is 11.1 Å². The molecule has 1 heterocycles. The van der Waals surface area contributed by atoms with Crippen molar-refractivity contribution in [1.29, 1.82) is 0 Å². The molecule has 0 bridgehead atoms. The second-order valence-corrected chi connectivity index (χ2v) is 13.9. The summed E-state index contributed by atoms with van der Waals surface area (Å²) >= 11 is 0. The van der Waals surface area contributed by atoms with Crippen LogP contribution in [0.2, 0.25) is 0 Å². The lowest BCUT2D eigenvalue weighted by Gasteiger charge is -2.42. The second-order valence-electron chi connectivity index (χ2n) is 13.9. The molecule has 0 aromatic heterocycles. The van der Waals surface area contributed by atoms with Crippen LogP contribution in [0.15, 0.2) is 110 Å². The smallest absolute Gasteiger partial charge is 0.197 e. The van der Waals surface area contributed by atoms with Crippen molar-refractivity contribution in [3.63, 3.8) is 0 Å². The molecule has 1 aliphatic carbocycles. The summed E-state index contributed by atoms with van der Waals surface area (Å²) in [6.45, 7) is 19.0. The number of fused-ring (bicyclic) bond motifs is 5. The molecule has 0 radical (unpaired) electrons. The maximum absolute atomic E-state index is 13.4. The Morgan fingerprint density at radius 2 is 1.35 bits per heavy atom. The van der Waals surface area contributed by atoms with Crippen molar-refractivity contribution in [2.75, 3.05) is 4.90 Å². The molecular weight excluding hydrogens is 562 g/mol. The van der Waals surface area contributed by atoms with Gasteiger partial charge in [0.15, 0.2) is 11.6 Å². The van der Waals surface area contributed by atoms with E-state index in [1.54, 1.807) is 30.4 Å². The average molecular weight is 600 g/mol. The van der Waals surface area contributed by atoms with Gasteiger partial charge in [0.2, 0.25) is 0 Å². The van der Waals surface area contributed by atoms with E-state index in [1.807, 2.05) is 6.07 Å². The van der Waals surface area contributed by atoms with Gasteiger partial charge < -0.3 is 4.90 Å². The first-order chi connectivity index (χ1) is 21.9. The Hall–Kier alpha value is -5.28. The highest BCUT2D eigenvalue weighted by Gasteiger charge is 2.38. The van der Waals surface area contributed by atoms with E-state index in [1.165, 1.54) is 22.4 Å². The minimum absolute atomic E-state index is 0.0705. The van der Waals surface area contributed by atoms with Gasteiger partial charge in [-0.2, -0.15) is 0 Å². The largest absolute Gasteiger partial charge is 0.310 e. The summed E-state index contributed by atoms with van der Waals surface area (Å²) in [5.74, 6) is -0.509. The van der Waals surface area contributed by atoms with Gasteiger partial charge in [-0.3, -0.25) is 9.59 Å². The molecule has 0 saturated carbocycles. The van der Waals surface area contributed by atoms with E-state index in [2.05, 4.69) is 125 Å². The molecule has 1 aliphatic heterocycles. The third-order valence-electron chi connectivity index (χ3n) is 9.65. The van der Waals surface area contributed by atoms with Crippen LogP contribution in [0.1, 0.15) is 88.7 Å². The second kappa shape index (κ2) is 10.4. The first-order valence-corrected chi connectivity index (χ1v) is 15.8. The van der Waals surface area contributed by atoms with E-state index in [-0.39, 0.29) is 28.0 Å². The molecule has 7 rings (SSSR count). The van der Waals surface area contributed by atoms with Gasteiger partial charge in [-0.1, -0.05) is 108 Å². The van der Waals surface area contributed by atoms with Crippen LogP contribution in [0.25, 0.3) is 29.0 Å². The molecule has 46 heavy (non-hydrogen) atoms. The van der Waals surface area contributed by atoms with Gasteiger partial charge >= 0.3 is 0 Å². The Labute approximate surface area is 271 Å². The first-order valence-electron chi connectivity index (χ1n) is 15.8. The lowest BCUT2D eigenvalue weighted by Crippen LogP contribution is -2.31.